The highest BCUT2D eigenvalue weighted by Crippen LogP contribution is 2.64. The summed E-state index contributed by atoms with van der Waals surface area (Å²) in [4.78, 5) is 106. The van der Waals surface area contributed by atoms with Crippen molar-refractivity contribution >= 4 is 35.5 Å². The summed E-state index contributed by atoms with van der Waals surface area (Å²) in [5, 5.41) is 86.9. The third-order valence-corrected chi connectivity index (χ3v) is 32.2. The maximum absolute atomic E-state index is 14.0. The van der Waals surface area contributed by atoms with Crippen molar-refractivity contribution in [2.75, 3.05) is 88.3 Å². The van der Waals surface area contributed by atoms with Crippen molar-refractivity contribution in [3.05, 3.63) is 179 Å². The van der Waals surface area contributed by atoms with Crippen LogP contribution in [0.1, 0.15) is 182 Å². The molecule has 0 unspecified atom stereocenters. The molecule has 0 aromatic heterocycles. The van der Waals surface area contributed by atoms with Crippen LogP contribution in [0.15, 0.2) is 146 Å². The molecule has 3 saturated heterocycles. The predicted octanol–water partition coefficient (Wildman–Crippen LogP) is 11.8. The molecule has 6 aromatic rings. The van der Waals surface area contributed by atoms with E-state index in [1.165, 1.54) is 19.3 Å². The van der Waals surface area contributed by atoms with Crippen molar-refractivity contribution in [1.29, 1.82) is 0 Å². The van der Waals surface area contributed by atoms with Crippen LogP contribution in [-0.2, 0) is 48.5 Å². The normalized spacial score (nSPS) is 30.2. The second-order valence-corrected chi connectivity index (χ2v) is 42.1. The first-order valence-corrected chi connectivity index (χ1v) is 47.8. The molecule has 18 rings (SSSR count). The summed E-state index contributed by atoms with van der Waals surface area (Å²) >= 11 is 0. The maximum Gasteiger partial charge on any atom is 0.335 e. The van der Waals surface area contributed by atoms with Gasteiger partial charge in [0.1, 0.15) is 36.4 Å². The Hall–Kier alpha value is -8.42. The van der Waals surface area contributed by atoms with Crippen molar-refractivity contribution < 1.29 is 79.0 Å². The van der Waals surface area contributed by atoms with Crippen LogP contribution in [0.5, 0.6) is 0 Å². The molecule has 24 atom stereocenters. The minimum Gasteiger partial charge on any atom is -0.478 e. The maximum atomic E-state index is 14.0. The zero-order valence-electron chi connectivity index (χ0n) is 80.4. The molecule has 6 aromatic carbocycles. The fraction of sp³-hybridized carbons (Fsp3) is 0.600. The molecule has 9 saturated carbocycles. The second kappa shape index (κ2) is 42.2. The summed E-state index contributed by atoms with van der Waals surface area (Å²) in [5.74, 6) is 1.43. The minimum atomic E-state index is -0.986. The number of carbonyl (C=O) groups excluding carboxylic acids is 5. The molecule has 26 heteroatoms. The van der Waals surface area contributed by atoms with Crippen LogP contribution in [0, 0.1) is 87.3 Å². The van der Waals surface area contributed by atoms with Crippen LogP contribution >= 0.6 is 0 Å². The van der Waals surface area contributed by atoms with E-state index in [2.05, 4.69) is 88.1 Å². The van der Waals surface area contributed by atoms with Crippen molar-refractivity contribution in [3.63, 3.8) is 0 Å². The number of hydrogen-bond acceptors (Lipinski definition) is 20. The Morgan fingerprint density at radius 1 is 0.389 bits per heavy atom. The number of hydroxylamine groups is 6. The largest absolute Gasteiger partial charge is 0.478 e. The Labute approximate surface area is 776 Å². The summed E-state index contributed by atoms with van der Waals surface area (Å²) in [6, 6.07) is 43.8. The van der Waals surface area contributed by atoms with Gasteiger partial charge in [-0.1, -0.05) is 153 Å². The zero-order valence-corrected chi connectivity index (χ0v) is 80.4. The Morgan fingerprint density at radius 3 is 0.893 bits per heavy atom. The Morgan fingerprint density at radius 2 is 0.649 bits per heavy atom. The number of carbonyl (C=O) groups is 6. The number of amides is 5. The lowest BCUT2D eigenvalue weighted by atomic mass is 9.45. The Bertz CT molecular complexity index is 4740. The van der Waals surface area contributed by atoms with Gasteiger partial charge in [-0.05, 0) is 288 Å². The second-order valence-electron chi connectivity index (χ2n) is 42.1. The Kier molecular flexibility index (Phi) is 32.3. The van der Waals surface area contributed by atoms with E-state index in [0.29, 0.717) is 107 Å². The molecule has 9 aliphatic carbocycles. The molecule has 131 heavy (non-hydrogen) atoms. The molecule has 12 fully saturated rings. The first-order chi connectivity index (χ1) is 62.1. The van der Waals surface area contributed by atoms with E-state index >= 15 is 0 Å². The first-order valence-electron chi connectivity index (χ1n) is 47.8. The smallest absolute Gasteiger partial charge is 0.335 e. The first kappa shape index (κ1) is 100. The van der Waals surface area contributed by atoms with E-state index in [0.717, 1.165) is 95.3 Å². The number of nitrogens with one attached hydrogen (secondary N) is 3. The number of carboxylic acids is 1. The van der Waals surface area contributed by atoms with E-state index in [1.54, 1.807) is 64.0 Å². The quantitative estimate of drug-likeness (QED) is 0.0188. The van der Waals surface area contributed by atoms with Gasteiger partial charge in [0, 0.05) is 74.2 Å². The number of aromatic carboxylic acids is 1. The van der Waals surface area contributed by atoms with E-state index in [1.807, 2.05) is 170 Å². The van der Waals surface area contributed by atoms with Crippen LogP contribution in [0.4, 0.5) is 0 Å². The fourth-order valence-electron chi connectivity index (χ4n) is 23.9. The van der Waals surface area contributed by atoms with E-state index in [4.69, 9.17) is 14.5 Å². The van der Waals surface area contributed by atoms with Crippen LogP contribution in [0.2, 0.25) is 0 Å². The highest BCUT2D eigenvalue weighted by Gasteiger charge is 2.61. The molecule has 714 valence electrons. The number of hydrogen-bond donors (Lipinski definition) is 10. The minimum absolute atomic E-state index is 0.0107. The van der Waals surface area contributed by atoms with Crippen LogP contribution in [-0.4, -0.2) is 267 Å². The van der Waals surface area contributed by atoms with Gasteiger partial charge >= 0.3 is 5.97 Å². The van der Waals surface area contributed by atoms with Crippen LogP contribution in [0.25, 0.3) is 33.4 Å². The third-order valence-electron chi connectivity index (χ3n) is 32.2. The molecule has 5 amide bonds. The summed E-state index contributed by atoms with van der Waals surface area (Å²) in [5.41, 5.74) is 10.5. The van der Waals surface area contributed by atoms with Crippen molar-refractivity contribution in [2.24, 2.45) is 87.3 Å². The monoisotopic (exact) mass is 1810 g/mol. The number of nitrogens with zero attached hydrogens (tertiary/aromatic N) is 7. The number of carboxylic acid groups (broad SMARTS) is 1. The summed E-state index contributed by atoms with van der Waals surface area (Å²) in [6.45, 7) is 28.9. The lowest BCUT2D eigenvalue weighted by Crippen LogP contribution is -2.62. The average Bonchev–Trinajstić information content (AvgIpc) is 1.42. The van der Waals surface area contributed by atoms with E-state index < -0.39 is 78.5 Å². The highest BCUT2D eigenvalue weighted by atomic mass is 16.7. The number of benzene rings is 6. The number of fused-ring (bicyclic) bond motifs is 6. The summed E-state index contributed by atoms with van der Waals surface area (Å²) in [7, 11) is 11.8. The molecule has 3 heterocycles. The number of rotatable bonds is 32. The highest BCUT2D eigenvalue weighted by molar-refractivity contribution is 5.96. The van der Waals surface area contributed by atoms with Crippen molar-refractivity contribution in [3.8, 4) is 33.4 Å². The molecular formula is C105H148N10O16. The summed E-state index contributed by atoms with van der Waals surface area (Å²) < 4.78 is 0. The van der Waals surface area contributed by atoms with Crippen LogP contribution < -0.4 is 16.0 Å². The molecule has 26 nitrogen and oxygen atoms in total. The SMILES string of the molecule is C[C@@H]1[C@@H](NC(=O)[C@@H]2[C@H]([C@H](C)O)[C@H](CO)ON2Cc2cccc(-c3cccc(C(=O)N(C)CCCN(C)C)c3)c2)C[C@H]2C[C@@H]1C2(C)C.C[C@@H]1[C@@H](NC(=O)[C@@H]2[C@H]([C@H](C)O)[C@H](CO)ON2Cc2cccc(-c3cccc(C(=O)N(C)CCCN(C)C)c3)c2)C[C@H]2C[C@@H]1C2(C)C.C[C@@H]1[C@@H](NC(=O)[C@@H]2[C@H]([C@H](C)O)[C@H](CO)ON2Cc2cccc(-c3cccc(C(=O)O)c3)c2)C[C@H]2C[C@@H]1C2(C)C. The van der Waals surface area contributed by atoms with Gasteiger partial charge < -0.3 is 71.3 Å². The van der Waals surface area contributed by atoms with Gasteiger partial charge in [-0.3, -0.25) is 38.5 Å². The molecule has 10 N–H and O–H groups in total. The van der Waals surface area contributed by atoms with Gasteiger partial charge in [0.2, 0.25) is 17.7 Å². The van der Waals surface area contributed by atoms with Gasteiger partial charge in [0.25, 0.3) is 11.8 Å². The fourth-order valence-corrected chi connectivity index (χ4v) is 23.9. The van der Waals surface area contributed by atoms with Crippen LogP contribution in [0.3, 0.4) is 0 Å². The van der Waals surface area contributed by atoms with Gasteiger partial charge in [-0.25, -0.2) is 4.79 Å². The zero-order chi connectivity index (χ0) is 94.7. The standard InChI is InChI=1S/2C37H54N4O5.C31H40N2O6/c2*1-23-30-19-29(37(30,3)4)20-31(23)38-35(44)34-33(24(2)43)32(22-42)46-41(34)21-25-11-8-12-26(17-25)27-13-9-14-28(18-27)36(45)40(7)16-10-15-39(5)6;1-17-24-13-23(31(24,3)4)14-25(17)32-29(36)28-27(18(2)35)26(16-34)39-33(28)15-19-7-5-8-20(11-19)21-9-6-10-22(12-21)30(37)38/h2*8-9,11-14,17-18,23-24,29-34,42-43H,10,15-16,19-22H2,1-7H3,(H,38,44);5-12,17-18,23-28,34-35H,13-16H2,1-4H3,(H,32,36)(H,37,38)/t2*23-,24-,29+,30-,31-,32-,33+,34-;17-,18-,23+,24-,25-,26-,27+,28-/m000/s1. The predicted molar refractivity (Wildman–Crippen MR) is 506 cm³/mol. The molecular weight excluding hydrogens is 1660 g/mol. The van der Waals surface area contributed by atoms with E-state index in [9.17, 15) is 64.5 Å². The van der Waals surface area contributed by atoms with Gasteiger partial charge in [0.15, 0.2) is 0 Å². The third kappa shape index (κ3) is 21.9. The number of aliphatic hydroxyl groups is 6. The average molecular weight is 1810 g/mol. The van der Waals surface area contributed by atoms with Gasteiger partial charge in [-0.2, -0.15) is 15.2 Å². The molecule has 0 spiro atoms. The lowest BCUT2D eigenvalue weighted by Gasteiger charge is -2.62. The van der Waals surface area contributed by atoms with Gasteiger partial charge in [-0.15, -0.1) is 0 Å². The molecule has 3 aliphatic heterocycles. The lowest BCUT2D eigenvalue weighted by molar-refractivity contribution is -0.183. The molecule has 6 bridgehead atoms. The Balaban J connectivity index is 0.000000168. The van der Waals surface area contributed by atoms with E-state index in [-0.39, 0.29) is 79.6 Å². The molecule has 0 radical (unpaired) electrons. The van der Waals surface area contributed by atoms with Crippen molar-refractivity contribution in [2.45, 2.75) is 227 Å². The van der Waals surface area contributed by atoms with Gasteiger partial charge in [0.05, 0.1) is 63.3 Å². The topological polar surface area (TPSA) is 330 Å². The van der Waals surface area contributed by atoms with Crippen molar-refractivity contribution in [1.82, 2.24) is 50.7 Å². The molecule has 12 aliphatic rings. The number of aliphatic hydroxyl groups excluding tert-OH is 6. The summed E-state index contributed by atoms with van der Waals surface area (Å²) in [6.07, 6.45) is 3.72.